The monoisotopic (exact) mass is 406 g/mol. The molecule has 2 aliphatic heterocycles. The first-order valence-electron chi connectivity index (χ1n) is 10.3. The molecule has 6 nitrogen and oxygen atoms in total. The minimum Gasteiger partial charge on any atom is -0.486 e. The lowest BCUT2D eigenvalue weighted by Crippen LogP contribution is -2.42. The van der Waals surface area contributed by atoms with Crippen LogP contribution in [0.4, 0.5) is 0 Å². The van der Waals surface area contributed by atoms with Crippen molar-refractivity contribution >= 4 is 17.8 Å². The average Bonchev–Trinajstić information content (AvgIpc) is 2.95. The second-order valence-corrected chi connectivity index (χ2v) is 8.07. The van der Waals surface area contributed by atoms with E-state index in [0.29, 0.717) is 23.3 Å². The maximum Gasteiger partial charge on any atom is 0.267 e. The molecule has 2 aromatic carbocycles. The predicted molar refractivity (Wildman–Crippen MR) is 113 cm³/mol. The number of ketones is 1. The van der Waals surface area contributed by atoms with Crippen LogP contribution in [0.25, 0.3) is 6.08 Å². The van der Waals surface area contributed by atoms with Gasteiger partial charge >= 0.3 is 0 Å². The van der Waals surface area contributed by atoms with Crippen molar-refractivity contribution in [3.05, 3.63) is 71.3 Å². The molecule has 0 saturated carbocycles. The first kappa shape index (κ1) is 20.3. The van der Waals surface area contributed by atoms with E-state index in [2.05, 4.69) is 29.2 Å². The summed E-state index contributed by atoms with van der Waals surface area (Å²) in [6.07, 6.45) is 5.82. The third-order valence-corrected chi connectivity index (χ3v) is 5.89. The summed E-state index contributed by atoms with van der Waals surface area (Å²) in [5, 5.41) is 8.58. The molecule has 2 N–H and O–H groups in total. The van der Waals surface area contributed by atoms with Crippen LogP contribution in [0.15, 0.2) is 54.6 Å². The van der Waals surface area contributed by atoms with Crippen molar-refractivity contribution < 1.29 is 19.5 Å². The molecule has 1 amide bonds. The molecule has 1 atom stereocenters. The number of hydrogen-bond donors (Lipinski definition) is 2. The van der Waals surface area contributed by atoms with Gasteiger partial charge in [-0.25, -0.2) is 5.48 Å². The van der Waals surface area contributed by atoms with E-state index in [1.807, 2.05) is 12.1 Å². The number of hydroxylamine groups is 1. The highest BCUT2D eigenvalue weighted by molar-refractivity contribution is 6.01. The highest BCUT2D eigenvalue weighted by Crippen LogP contribution is 2.40. The lowest BCUT2D eigenvalue weighted by Gasteiger charge is -2.37. The largest absolute Gasteiger partial charge is 0.486 e. The van der Waals surface area contributed by atoms with E-state index < -0.39 is 11.5 Å². The maximum atomic E-state index is 13.0. The number of nitrogens with zero attached hydrogens (tertiary/aromatic N) is 1. The van der Waals surface area contributed by atoms with Crippen LogP contribution in [0.2, 0.25) is 0 Å². The fraction of sp³-hybridized carbons (Fsp3) is 0.333. The number of carbonyl (C=O) groups is 2. The van der Waals surface area contributed by atoms with Gasteiger partial charge in [0.15, 0.2) is 5.78 Å². The van der Waals surface area contributed by atoms with Crippen molar-refractivity contribution in [3.8, 4) is 5.75 Å². The number of amides is 1. The van der Waals surface area contributed by atoms with Gasteiger partial charge in [0.25, 0.3) is 5.91 Å². The first-order chi connectivity index (χ1) is 14.6. The van der Waals surface area contributed by atoms with E-state index in [1.54, 1.807) is 23.7 Å². The molecule has 2 heterocycles. The quantitative estimate of drug-likeness (QED) is 0.461. The molecule has 0 aliphatic carbocycles. The lowest BCUT2D eigenvalue weighted by atomic mass is 9.84. The summed E-state index contributed by atoms with van der Waals surface area (Å²) in [6.45, 7) is 2.81. The zero-order chi connectivity index (χ0) is 21.0. The van der Waals surface area contributed by atoms with Gasteiger partial charge in [-0.05, 0) is 48.7 Å². The van der Waals surface area contributed by atoms with E-state index in [-0.39, 0.29) is 5.78 Å². The van der Waals surface area contributed by atoms with Gasteiger partial charge in [-0.2, -0.15) is 0 Å². The molecule has 30 heavy (non-hydrogen) atoms. The van der Waals surface area contributed by atoms with Crippen LogP contribution >= 0.6 is 0 Å². The third kappa shape index (κ3) is 4.61. The molecule has 4 rings (SSSR count). The molecule has 2 aromatic rings. The number of likely N-dealkylation sites (tertiary alicyclic amines) is 1. The molecule has 1 spiro atoms. The summed E-state index contributed by atoms with van der Waals surface area (Å²) in [4.78, 5) is 26.6. The van der Waals surface area contributed by atoms with Crippen LogP contribution < -0.4 is 10.2 Å². The average molecular weight is 406 g/mol. The minimum absolute atomic E-state index is 0.0784. The van der Waals surface area contributed by atoms with Gasteiger partial charge < -0.3 is 4.74 Å². The normalized spacial score (nSPS) is 21.8. The Bertz CT molecular complexity index is 957. The molecule has 156 valence electrons. The summed E-state index contributed by atoms with van der Waals surface area (Å²) in [6, 6.07) is 15.8. The smallest absolute Gasteiger partial charge is 0.267 e. The number of nitrogens with one attached hydrogen (secondary N) is 1. The zero-order valence-corrected chi connectivity index (χ0v) is 16.8. The SMILES string of the molecule is O=C(/C=C/c1ccc2c(c1)C(=O)CC1(CCCN(Cc3ccccc3)CC1)O2)NO. The van der Waals surface area contributed by atoms with E-state index in [4.69, 9.17) is 9.94 Å². The Balaban J connectivity index is 1.46. The van der Waals surface area contributed by atoms with Gasteiger partial charge in [0.05, 0.1) is 12.0 Å². The van der Waals surface area contributed by atoms with Gasteiger partial charge in [0.1, 0.15) is 11.4 Å². The van der Waals surface area contributed by atoms with Crippen molar-refractivity contribution in [1.29, 1.82) is 0 Å². The fourth-order valence-corrected chi connectivity index (χ4v) is 4.33. The van der Waals surface area contributed by atoms with Crippen LogP contribution in [-0.4, -0.2) is 40.5 Å². The van der Waals surface area contributed by atoms with E-state index >= 15 is 0 Å². The summed E-state index contributed by atoms with van der Waals surface area (Å²) < 4.78 is 6.42. The molecular formula is C24H26N2O4. The minimum atomic E-state index is -0.618. The Labute approximate surface area is 176 Å². The number of Topliss-reactive ketones (excluding diaryl/α,β-unsaturated/α-hetero) is 1. The van der Waals surface area contributed by atoms with E-state index in [1.165, 1.54) is 11.6 Å². The van der Waals surface area contributed by atoms with Gasteiger partial charge in [0.2, 0.25) is 0 Å². The van der Waals surface area contributed by atoms with Crippen LogP contribution in [0, 0.1) is 0 Å². The van der Waals surface area contributed by atoms with Crippen molar-refractivity contribution in [2.45, 2.75) is 37.8 Å². The summed E-state index contributed by atoms with van der Waals surface area (Å²) in [7, 11) is 0. The van der Waals surface area contributed by atoms with Crippen molar-refractivity contribution in [2.24, 2.45) is 0 Å². The van der Waals surface area contributed by atoms with Crippen molar-refractivity contribution in [3.63, 3.8) is 0 Å². The molecule has 0 bridgehead atoms. The highest BCUT2D eigenvalue weighted by Gasteiger charge is 2.41. The van der Waals surface area contributed by atoms with Crippen molar-refractivity contribution in [2.75, 3.05) is 13.1 Å². The number of ether oxygens (including phenoxy) is 1. The van der Waals surface area contributed by atoms with Crippen LogP contribution in [0.5, 0.6) is 5.75 Å². The van der Waals surface area contributed by atoms with Crippen LogP contribution in [0.1, 0.15) is 47.2 Å². The molecule has 1 saturated heterocycles. The Morgan fingerprint density at radius 3 is 2.80 bits per heavy atom. The first-order valence-corrected chi connectivity index (χ1v) is 10.3. The fourth-order valence-electron chi connectivity index (χ4n) is 4.33. The third-order valence-electron chi connectivity index (χ3n) is 5.89. The Morgan fingerprint density at radius 2 is 2.00 bits per heavy atom. The lowest BCUT2D eigenvalue weighted by molar-refractivity contribution is -0.124. The van der Waals surface area contributed by atoms with E-state index in [0.717, 1.165) is 38.9 Å². The van der Waals surface area contributed by atoms with E-state index in [9.17, 15) is 9.59 Å². The van der Waals surface area contributed by atoms with Gasteiger partial charge in [-0.15, -0.1) is 0 Å². The molecule has 1 unspecified atom stereocenters. The molecule has 6 heteroatoms. The topological polar surface area (TPSA) is 78.9 Å². The Kier molecular flexibility index (Phi) is 5.97. The molecule has 0 radical (unpaired) electrons. The molecule has 0 aromatic heterocycles. The standard InChI is InChI=1S/C24H26N2O4/c27-21-16-24(11-4-13-26(14-12-24)17-19-5-2-1-3-6-19)30-22-9-7-18(15-20(21)22)8-10-23(28)25-29/h1-3,5-10,15,29H,4,11-14,16-17H2,(H,25,28)/b10-8+. The number of fused-ring (bicyclic) bond motifs is 1. The van der Waals surface area contributed by atoms with Crippen molar-refractivity contribution in [1.82, 2.24) is 10.4 Å². The summed E-state index contributed by atoms with van der Waals surface area (Å²) in [5.74, 6) is 0.0777. The van der Waals surface area contributed by atoms with Gasteiger partial charge in [-0.1, -0.05) is 36.4 Å². The van der Waals surface area contributed by atoms with Crippen LogP contribution in [0.3, 0.4) is 0 Å². The summed E-state index contributed by atoms with van der Waals surface area (Å²) in [5.41, 5.74) is 3.67. The number of benzene rings is 2. The Hall–Kier alpha value is -2.96. The van der Waals surface area contributed by atoms with Crippen LogP contribution in [-0.2, 0) is 11.3 Å². The number of rotatable bonds is 4. The number of carbonyl (C=O) groups excluding carboxylic acids is 2. The molecule has 1 fully saturated rings. The second-order valence-electron chi connectivity index (χ2n) is 8.07. The highest BCUT2D eigenvalue weighted by atomic mass is 16.5. The maximum absolute atomic E-state index is 13.0. The predicted octanol–water partition coefficient (Wildman–Crippen LogP) is 3.60. The van der Waals surface area contributed by atoms with Gasteiger partial charge in [0, 0.05) is 25.6 Å². The molecular weight excluding hydrogens is 380 g/mol. The number of hydrogen-bond acceptors (Lipinski definition) is 5. The molecule has 2 aliphatic rings. The van der Waals surface area contributed by atoms with Gasteiger partial charge in [-0.3, -0.25) is 19.7 Å². The second kappa shape index (κ2) is 8.81. The Morgan fingerprint density at radius 1 is 1.17 bits per heavy atom. The zero-order valence-electron chi connectivity index (χ0n) is 16.8. The summed E-state index contributed by atoms with van der Waals surface area (Å²) >= 11 is 0.